The van der Waals surface area contributed by atoms with Gasteiger partial charge in [0.05, 0.1) is 13.2 Å². The summed E-state index contributed by atoms with van der Waals surface area (Å²) in [6.45, 7) is 2.13. The van der Waals surface area contributed by atoms with Crippen LogP contribution in [0.5, 0.6) is 0 Å². The Hall–Kier alpha value is -0.570. The van der Waals surface area contributed by atoms with Crippen LogP contribution in [0.1, 0.15) is 110 Å². The first-order chi connectivity index (χ1) is 11.2. The van der Waals surface area contributed by atoms with E-state index < -0.39 is 0 Å². The zero-order chi connectivity index (χ0) is 17.2. The summed E-state index contributed by atoms with van der Waals surface area (Å²) >= 11 is 0. The number of aliphatic hydroxyl groups is 1. The Morgan fingerprint density at radius 3 is 1.65 bits per heavy atom. The summed E-state index contributed by atoms with van der Waals surface area (Å²) in [5.74, 6) is -0.0788. The third-order valence-electron chi connectivity index (χ3n) is 4.52. The van der Waals surface area contributed by atoms with E-state index in [9.17, 15) is 9.90 Å². The maximum atomic E-state index is 10.9. The van der Waals surface area contributed by atoms with Gasteiger partial charge in [0.15, 0.2) is 0 Å². The van der Waals surface area contributed by atoms with E-state index in [2.05, 4.69) is 11.7 Å². The average molecular weight is 329 g/mol. The molecule has 0 aliphatic rings. The Labute approximate surface area is 144 Å². The van der Waals surface area contributed by atoms with Crippen molar-refractivity contribution in [1.29, 1.82) is 0 Å². The highest BCUT2D eigenvalue weighted by molar-refractivity contribution is 5.68. The van der Waals surface area contributed by atoms with E-state index in [1.54, 1.807) is 0 Å². The van der Waals surface area contributed by atoms with Gasteiger partial charge in [-0.2, -0.15) is 0 Å². The minimum atomic E-state index is -0.0788. The first-order valence-electron chi connectivity index (χ1n) is 9.95. The molecule has 3 nitrogen and oxygen atoms in total. The van der Waals surface area contributed by atoms with Crippen LogP contribution in [-0.4, -0.2) is 24.3 Å². The fraction of sp³-hybridized carbons (Fsp3) is 0.950. The van der Waals surface area contributed by atoms with Gasteiger partial charge in [0.25, 0.3) is 0 Å². The molecule has 1 N–H and O–H groups in total. The summed E-state index contributed by atoms with van der Waals surface area (Å²) in [5, 5.41) is 9.64. The Morgan fingerprint density at radius 1 is 0.783 bits per heavy atom. The number of rotatable bonds is 17. The van der Waals surface area contributed by atoms with Crippen molar-refractivity contribution in [2.75, 3.05) is 7.11 Å². The van der Waals surface area contributed by atoms with Crippen LogP contribution in [0, 0.1) is 0 Å². The quantitative estimate of drug-likeness (QED) is 0.272. The van der Waals surface area contributed by atoms with E-state index in [0.29, 0.717) is 6.42 Å². The summed E-state index contributed by atoms with van der Waals surface area (Å²) in [6.07, 6.45) is 18.8. The van der Waals surface area contributed by atoms with Crippen LogP contribution in [-0.2, 0) is 9.53 Å². The Balaban J connectivity index is 3.06. The highest BCUT2D eigenvalue weighted by Crippen LogP contribution is 2.14. The predicted molar refractivity (Wildman–Crippen MR) is 97.6 cm³/mol. The second-order valence-corrected chi connectivity index (χ2v) is 6.80. The first-order valence-corrected chi connectivity index (χ1v) is 9.95. The molecule has 0 fully saturated rings. The molecule has 0 spiro atoms. The van der Waals surface area contributed by atoms with Gasteiger partial charge in [-0.1, -0.05) is 84.0 Å². The lowest BCUT2D eigenvalue weighted by molar-refractivity contribution is -0.140. The number of ether oxygens (including phenoxy) is 1. The summed E-state index contributed by atoms with van der Waals surface area (Å²) in [4.78, 5) is 10.9. The third-order valence-corrected chi connectivity index (χ3v) is 4.52. The monoisotopic (exact) mass is 328 g/mol. The smallest absolute Gasteiger partial charge is 0.305 e. The van der Waals surface area contributed by atoms with Crippen LogP contribution >= 0.6 is 0 Å². The zero-order valence-corrected chi connectivity index (χ0v) is 15.7. The lowest BCUT2D eigenvalue weighted by Gasteiger charge is -2.08. The first kappa shape index (κ1) is 22.4. The van der Waals surface area contributed by atoms with Gasteiger partial charge in [0, 0.05) is 6.42 Å². The van der Waals surface area contributed by atoms with Crippen molar-refractivity contribution in [2.24, 2.45) is 0 Å². The molecule has 0 saturated carbocycles. The number of aliphatic hydroxyl groups excluding tert-OH is 1. The lowest BCUT2D eigenvalue weighted by Crippen LogP contribution is -2.04. The SMILES string of the molecule is CCCC(O)CCCCCCCCCCCCCCC(=O)OC. The van der Waals surface area contributed by atoms with Crippen molar-refractivity contribution in [2.45, 2.75) is 116 Å². The molecular weight excluding hydrogens is 288 g/mol. The Kier molecular flexibility index (Phi) is 17.3. The normalized spacial score (nSPS) is 12.3. The van der Waals surface area contributed by atoms with Gasteiger partial charge in [-0.3, -0.25) is 4.79 Å². The molecule has 0 saturated heterocycles. The second-order valence-electron chi connectivity index (χ2n) is 6.80. The zero-order valence-electron chi connectivity index (χ0n) is 15.7. The van der Waals surface area contributed by atoms with Crippen LogP contribution in [0.2, 0.25) is 0 Å². The second kappa shape index (κ2) is 17.8. The number of carbonyl (C=O) groups excluding carboxylic acids is 1. The number of carbonyl (C=O) groups is 1. The van der Waals surface area contributed by atoms with Crippen molar-refractivity contribution in [3.05, 3.63) is 0 Å². The topological polar surface area (TPSA) is 46.5 Å². The van der Waals surface area contributed by atoms with E-state index in [4.69, 9.17) is 0 Å². The molecule has 3 heteroatoms. The average Bonchev–Trinajstić information content (AvgIpc) is 2.55. The van der Waals surface area contributed by atoms with E-state index >= 15 is 0 Å². The predicted octanol–water partition coefficient (Wildman–Crippen LogP) is 5.78. The molecule has 0 amide bonds. The molecule has 0 aliphatic carbocycles. The Bertz CT molecular complexity index is 253. The van der Waals surface area contributed by atoms with Crippen molar-refractivity contribution < 1.29 is 14.6 Å². The van der Waals surface area contributed by atoms with Gasteiger partial charge in [0.2, 0.25) is 0 Å². The van der Waals surface area contributed by atoms with Gasteiger partial charge < -0.3 is 9.84 Å². The molecule has 0 radical (unpaired) electrons. The molecule has 0 aromatic rings. The minimum Gasteiger partial charge on any atom is -0.469 e. The van der Waals surface area contributed by atoms with Crippen LogP contribution in [0.3, 0.4) is 0 Å². The third kappa shape index (κ3) is 17.6. The van der Waals surface area contributed by atoms with Crippen LogP contribution in [0.4, 0.5) is 0 Å². The molecular formula is C20H40O3. The minimum absolute atomic E-state index is 0.0624. The summed E-state index contributed by atoms with van der Waals surface area (Å²) in [6, 6.07) is 0. The molecule has 0 aliphatic heterocycles. The van der Waals surface area contributed by atoms with Crippen LogP contribution < -0.4 is 0 Å². The van der Waals surface area contributed by atoms with E-state index in [0.717, 1.165) is 32.1 Å². The standard InChI is InChI=1S/C20H40O3/c1-3-16-19(21)17-14-12-10-8-6-4-5-7-9-11-13-15-18-20(22)23-2/h19,21H,3-18H2,1-2H3. The van der Waals surface area contributed by atoms with Gasteiger partial charge in [-0.15, -0.1) is 0 Å². The number of unbranched alkanes of at least 4 members (excludes halogenated alkanes) is 11. The fourth-order valence-corrected chi connectivity index (χ4v) is 3.00. The summed E-state index contributed by atoms with van der Waals surface area (Å²) in [5.41, 5.74) is 0. The number of hydrogen-bond acceptors (Lipinski definition) is 3. The van der Waals surface area contributed by atoms with Crippen molar-refractivity contribution in [1.82, 2.24) is 0 Å². The molecule has 0 rings (SSSR count). The number of methoxy groups -OCH3 is 1. The Morgan fingerprint density at radius 2 is 1.22 bits per heavy atom. The number of hydrogen-bond donors (Lipinski definition) is 1. The molecule has 0 bridgehead atoms. The van der Waals surface area contributed by atoms with Crippen LogP contribution in [0.15, 0.2) is 0 Å². The molecule has 0 heterocycles. The lowest BCUT2D eigenvalue weighted by atomic mass is 10.0. The van der Waals surface area contributed by atoms with Gasteiger partial charge >= 0.3 is 5.97 Å². The molecule has 23 heavy (non-hydrogen) atoms. The molecule has 0 aromatic heterocycles. The van der Waals surface area contributed by atoms with Gasteiger partial charge in [-0.05, 0) is 19.3 Å². The van der Waals surface area contributed by atoms with E-state index in [-0.39, 0.29) is 12.1 Å². The number of esters is 1. The van der Waals surface area contributed by atoms with Crippen molar-refractivity contribution >= 4 is 5.97 Å². The van der Waals surface area contributed by atoms with E-state index in [1.165, 1.54) is 71.3 Å². The maximum Gasteiger partial charge on any atom is 0.305 e. The van der Waals surface area contributed by atoms with E-state index in [1.807, 2.05) is 0 Å². The molecule has 138 valence electrons. The van der Waals surface area contributed by atoms with Crippen molar-refractivity contribution in [3.63, 3.8) is 0 Å². The summed E-state index contributed by atoms with van der Waals surface area (Å²) in [7, 11) is 1.46. The maximum absolute atomic E-state index is 10.9. The molecule has 1 atom stereocenters. The molecule has 1 unspecified atom stereocenters. The fourth-order valence-electron chi connectivity index (χ4n) is 3.00. The molecule has 0 aromatic carbocycles. The highest BCUT2D eigenvalue weighted by atomic mass is 16.5. The summed E-state index contributed by atoms with van der Waals surface area (Å²) < 4.78 is 4.63. The van der Waals surface area contributed by atoms with Crippen LogP contribution in [0.25, 0.3) is 0 Å². The largest absolute Gasteiger partial charge is 0.469 e. The van der Waals surface area contributed by atoms with Gasteiger partial charge in [-0.25, -0.2) is 0 Å². The van der Waals surface area contributed by atoms with Crippen molar-refractivity contribution in [3.8, 4) is 0 Å². The highest BCUT2D eigenvalue weighted by Gasteiger charge is 2.01. The van der Waals surface area contributed by atoms with Gasteiger partial charge in [0.1, 0.15) is 0 Å².